The number of carbonyl (C=O) groups excluding carboxylic acids is 2. The van der Waals surface area contributed by atoms with Crippen molar-refractivity contribution in [2.45, 2.75) is 0 Å². The molecule has 0 saturated heterocycles. The predicted molar refractivity (Wildman–Crippen MR) is 159 cm³/mol. The number of imide groups is 1. The van der Waals surface area contributed by atoms with E-state index in [1.807, 2.05) is 72.8 Å². The lowest BCUT2D eigenvalue weighted by Gasteiger charge is -2.12. The summed E-state index contributed by atoms with van der Waals surface area (Å²) in [5.74, 6) is -0.623. The average Bonchev–Trinajstić information content (AvgIpc) is 3.47. The molecule has 0 unspecified atom stereocenters. The first-order valence-corrected chi connectivity index (χ1v) is 13.0. The molecule has 6 aromatic rings. The van der Waals surface area contributed by atoms with Crippen molar-refractivity contribution in [1.82, 2.24) is 9.47 Å². The fourth-order valence-corrected chi connectivity index (χ4v) is 5.68. The van der Waals surface area contributed by atoms with Gasteiger partial charge in [0.05, 0.1) is 46.1 Å². The molecular formula is C35H20N4O2. The number of nitriles is 1. The van der Waals surface area contributed by atoms with Crippen LogP contribution in [0.25, 0.3) is 54.6 Å². The zero-order valence-electron chi connectivity index (χ0n) is 21.9. The summed E-state index contributed by atoms with van der Waals surface area (Å²) in [4.78, 5) is 30.7. The third kappa shape index (κ3) is 3.63. The molecule has 7 rings (SSSR count). The lowest BCUT2D eigenvalue weighted by Crippen LogP contribution is -2.24. The smallest absolute Gasteiger partial charge is 0.263 e. The molecule has 0 spiro atoms. The zero-order chi connectivity index (χ0) is 28.2. The van der Waals surface area contributed by atoms with E-state index in [4.69, 9.17) is 6.57 Å². The Kier molecular flexibility index (Phi) is 5.32. The summed E-state index contributed by atoms with van der Waals surface area (Å²) in [5.41, 5.74) is 8.42. The molecule has 0 saturated carbocycles. The normalized spacial score (nSPS) is 12.5. The van der Waals surface area contributed by atoms with Crippen molar-refractivity contribution >= 4 is 39.3 Å². The highest BCUT2D eigenvalue weighted by atomic mass is 16.2. The van der Waals surface area contributed by atoms with Crippen LogP contribution < -0.4 is 0 Å². The summed E-state index contributed by atoms with van der Waals surface area (Å²) in [6.45, 7) is 7.27. The van der Waals surface area contributed by atoms with Gasteiger partial charge in [-0.05, 0) is 70.8 Å². The van der Waals surface area contributed by atoms with Gasteiger partial charge in [0, 0.05) is 17.8 Å². The largest absolute Gasteiger partial charge is 0.308 e. The van der Waals surface area contributed by atoms with Crippen LogP contribution in [-0.4, -0.2) is 28.3 Å². The van der Waals surface area contributed by atoms with Gasteiger partial charge in [0.15, 0.2) is 5.69 Å². The van der Waals surface area contributed by atoms with Gasteiger partial charge in [0.25, 0.3) is 11.8 Å². The molecule has 0 N–H and O–H groups in total. The molecule has 1 aliphatic rings. The molecule has 6 nitrogen and oxygen atoms in total. The van der Waals surface area contributed by atoms with E-state index in [0.717, 1.165) is 49.0 Å². The molecule has 192 valence electrons. The summed E-state index contributed by atoms with van der Waals surface area (Å²) >= 11 is 0. The van der Waals surface area contributed by atoms with E-state index >= 15 is 0 Å². The lowest BCUT2D eigenvalue weighted by molar-refractivity contribution is 0.0693. The second-order valence-corrected chi connectivity index (χ2v) is 10.0. The van der Waals surface area contributed by atoms with Gasteiger partial charge in [-0.3, -0.25) is 14.5 Å². The number of aromatic nitrogens is 1. The summed E-state index contributed by atoms with van der Waals surface area (Å²) in [7, 11) is 1.51. The molecule has 1 aromatic heterocycles. The highest BCUT2D eigenvalue weighted by Gasteiger charge is 2.35. The van der Waals surface area contributed by atoms with Gasteiger partial charge in [-0.15, -0.1) is 0 Å². The molecule has 1 aliphatic heterocycles. The fourth-order valence-electron chi connectivity index (χ4n) is 5.68. The molecule has 0 aliphatic carbocycles. The molecule has 41 heavy (non-hydrogen) atoms. The first kappa shape index (κ1) is 24.1. The minimum absolute atomic E-state index is 0.305. The second kappa shape index (κ2) is 9.05. The van der Waals surface area contributed by atoms with Crippen LogP contribution in [0.5, 0.6) is 0 Å². The van der Waals surface area contributed by atoms with Crippen molar-refractivity contribution in [2.24, 2.45) is 0 Å². The molecule has 2 amide bonds. The number of hydrogen-bond donors (Lipinski definition) is 0. The molecular weight excluding hydrogens is 508 g/mol. The molecule has 0 bridgehead atoms. The van der Waals surface area contributed by atoms with E-state index < -0.39 is 0 Å². The Labute approximate surface area is 235 Å². The minimum atomic E-state index is -0.318. The molecule has 6 heteroatoms. The Morgan fingerprint density at radius 3 is 1.83 bits per heavy atom. The maximum Gasteiger partial charge on any atom is 0.263 e. The van der Waals surface area contributed by atoms with Crippen molar-refractivity contribution in [3.05, 3.63) is 131 Å². The van der Waals surface area contributed by atoms with Crippen LogP contribution in [0.1, 0.15) is 26.3 Å². The summed E-state index contributed by atoms with van der Waals surface area (Å²) in [6, 6.07) is 35.0. The van der Waals surface area contributed by atoms with Crippen molar-refractivity contribution in [3.8, 4) is 34.0 Å². The SMILES string of the molecule is [C-]#[N+]c1ccc(-c2ccc3c(c2)c2cc(-c4ccc(C#N)cc4)ccc2n3-c2cccc3c2C(=O)N(C)C3=O)cc1. The minimum Gasteiger partial charge on any atom is -0.308 e. The van der Waals surface area contributed by atoms with Crippen LogP contribution in [0.4, 0.5) is 5.69 Å². The Morgan fingerprint density at radius 1 is 0.707 bits per heavy atom. The van der Waals surface area contributed by atoms with Crippen LogP contribution in [0.15, 0.2) is 103 Å². The molecule has 0 fully saturated rings. The number of nitrogens with zero attached hydrogens (tertiary/aromatic N) is 4. The van der Waals surface area contributed by atoms with Crippen LogP contribution in [0.2, 0.25) is 0 Å². The van der Waals surface area contributed by atoms with Gasteiger partial charge in [-0.2, -0.15) is 5.26 Å². The van der Waals surface area contributed by atoms with E-state index in [-0.39, 0.29) is 11.8 Å². The Balaban J connectivity index is 1.52. The van der Waals surface area contributed by atoms with Gasteiger partial charge in [-0.1, -0.05) is 54.6 Å². The summed E-state index contributed by atoms with van der Waals surface area (Å²) < 4.78 is 2.06. The monoisotopic (exact) mass is 528 g/mol. The number of rotatable bonds is 3. The third-order valence-electron chi connectivity index (χ3n) is 7.78. The van der Waals surface area contributed by atoms with Crippen molar-refractivity contribution in [1.29, 1.82) is 5.26 Å². The number of benzene rings is 5. The average molecular weight is 529 g/mol. The number of carbonyl (C=O) groups is 2. The Hall–Kier alpha value is -5.98. The predicted octanol–water partition coefficient (Wildman–Crippen LogP) is 7.77. The van der Waals surface area contributed by atoms with E-state index in [0.29, 0.717) is 28.1 Å². The van der Waals surface area contributed by atoms with Crippen LogP contribution >= 0.6 is 0 Å². The standard InChI is InChI=1S/C35H20N4O2/c1-37-26-14-10-23(11-15-26)25-13-17-31-29(19-25)28-18-24(22-8-6-21(20-36)7-9-22)12-16-30(28)39(31)32-5-3-4-27-33(32)35(41)38(2)34(27)40/h3-19H,2H3. The summed E-state index contributed by atoms with van der Waals surface area (Å²) in [5, 5.41) is 11.2. The van der Waals surface area contributed by atoms with Crippen LogP contribution in [0.3, 0.4) is 0 Å². The maximum atomic E-state index is 13.2. The fraction of sp³-hybridized carbons (Fsp3) is 0.0286. The Morgan fingerprint density at radius 2 is 1.27 bits per heavy atom. The maximum absolute atomic E-state index is 13.2. The van der Waals surface area contributed by atoms with Gasteiger partial charge >= 0.3 is 0 Å². The van der Waals surface area contributed by atoms with Crippen molar-refractivity contribution in [3.63, 3.8) is 0 Å². The quantitative estimate of drug-likeness (QED) is 0.174. The number of amides is 2. The summed E-state index contributed by atoms with van der Waals surface area (Å²) in [6.07, 6.45) is 0. The second-order valence-electron chi connectivity index (χ2n) is 10.0. The number of fused-ring (bicyclic) bond motifs is 4. The third-order valence-corrected chi connectivity index (χ3v) is 7.78. The first-order valence-electron chi connectivity index (χ1n) is 13.0. The van der Waals surface area contributed by atoms with Crippen molar-refractivity contribution < 1.29 is 9.59 Å². The van der Waals surface area contributed by atoms with Gasteiger partial charge < -0.3 is 4.57 Å². The lowest BCUT2D eigenvalue weighted by atomic mass is 9.99. The van der Waals surface area contributed by atoms with Crippen LogP contribution in [-0.2, 0) is 0 Å². The molecule has 0 radical (unpaired) electrons. The van der Waals surface area contributed by atoms with E-state index in [2.05, 4.69) is 27.6 Å². The highest BCUT2D eigenvalue weighted by molar-refractivity contribution is 6.23. The zero-order valence-corrected chi connectivity index (χ0v) is 21.9. The van der Waals surface area contributed by atoms with Crippen LogP contribution in [0, 0.1) is 17.9 Å². The highest BCUT2D eigenvalue weighted by Crippen LogP contribution is 2.39. The topological polar surface area (TPSA) is 70.5 Å². The first-order chi connectivity index (χ1) is 20.0. The molecule has 2 heterocycles. The molecule has 5 aromatic carbocycles. The molecule has 0 atom stereocenters. The van der Waals surface area contributed by atoms with Gasteiger partial charge in [0.1, 0.15) is 0 Å². The van der Waals surface area contributed by atoms with Gasteiger partial charge in [-0.25, -0.2) is 4.85 Å². The van der Waals surface area contributed by atoms with E-state index in [1.54, 1.807) is 18.2 Å². The van der Waals surface area contributed by atoms with E-state index in [9.17, 15) is 14.9 Å². The van der Waals surface area contributed by atoms with Gasteiger partial charge in [0.2, 0.25) is 0 Å². The van der Waals surface area contributed by atoms with Crippen molar-refractivity contribution in [2.75, 3.05) is 7.05 Å². The number of hydrogen-bond acceptors (Lipinski definition) is 3. The Bertz CT molecular complexity index is 2040. The van der Waals surface area contributed by atoms with E-state index in [1.165, 1.54) is 7.05 Å².